The number of rotatable bonds is 12. The average Bonchev–Trinajstić information content (AvgIpc) is 2.98. The van der Waals surface area contributed by atoms with E-state index < -0.39 is 0 Å². The lowest BCUT2D eigenvalue weighted by atomic mass is 10.1. The molecule has 0 unspecified atom stereocenters. The molecule has 4 nitrogen and oxygen atoms in total. The van der Waals surface area contributed by atoms with Crippen molar-refractivity contribution in [2.24, 2.45) is 0 Å². The van der Waals surface area contributed by atoms with Crippen LogP contribution in [0, 0.1) is 0 Å². The van der Waals surface area contributed by atoms with Crippen molar-refractivity contribution in [3.8, 4) is 5.75 Å². The summed E-state index contributed by atoms with van der Waals surface area (Å²) < 4.78 is 5.69. The number of amides is 2. The molecule has 0 aromatic heterocycles. The molecule has 1 aliphatic heterocycles. The number of halogens is 2. The van der Waals surface area contributed by atoms with Crippen molar-refractivity contribution in [1.82, 2.24) is 4.90 Å². The summed E-state index contributed by atoms with van der Waals surface area (Å²) in [5.41, 5.74) is 1.06. The van der Waals surface area contributed by atoms with Gasteiger partial charge in [0.05, 0.1) is 22.8 Å². The van der Waals surface area contributed by atoms with E-state index in [1.165, 1.54) is 24.2 Å². The number of fused-ring (bicyclic) bond motifs is 1. The molecule has 160 valence electrons. The highest BCUT2D eigenvalue weighted by Crippen LogP contribution is 2.27. The Bertz CT molecular complexity index is 850. The highest BCUT2D eigenvalue weighted by molar-refractivity contribution is 6.35. The van der Waals surface area contributed by atoms with E-state index in [-0.39, 0.29) is 11.8 Å². The van der Waals surface area contributed by atoms with Crippen molar-refractivity contribution < 1.29 is 14.3 Å². The van der Waals surface area contributed by atoms with Crippen LogP contribution in [0.2, 0.25) is 10.0 Å². The highest BCUT2D eigenvalue weighted by Gasteiger charge is 2.34. The summed E-state index contributed by atoms with van der Waals surface area (Å²) in [7, 11) is 0. The van der Waals surface area contributed by atoms with Crippen LogP contribution in [0.3, 0.4) is 0 Å². The van der Waals surface area contributed by atoms with Crippen molar-refractivity contribution in [3.05, 3.63) is 63.6 Å². The third kappa shape index (κ3) is 5.99. The first-order chi connectivity index (χ1) is 14.6. The van der Waals surface area contributed by atoms with Gasteiger partial charge in [0.2, 0.25) is 0 Å². The molecule has 0 atom stereocenters. The molecule has 0 bridgehead atoms. The van der Waals surface area contributed by atoms with E-state index >= 15 is 0 Å². The number of unbranched alkanes of at least 4 members (excludes halogenated alkanes) is 7. The smallest absolute Gasteiger partial charge is 0.261 e. The number of carbonyl (C=O) groups is 2. The molecular formula is C24H27Cl2NO3. The second-order valence-electron chi connectivity index (χ2n) is 7.56. The van der Waals surface area contributed by atoms with E-state index in [4.69, 9.17) is 27.9 Å². The Hall–Kier alpha value is -2.04. The molecule has 3 rings (SSSR count). The lowest BCUT2D eigenvalue weighted by Gasteiger charge is -2.13. The third-order valence-corrected chi connectivity index (χ3v) is 5.84. The molecular weight excluding hydrogens is 421 g/mol. The first-order valence-corrected chi connectivity index (χ1v) is 11.4. The van der Waals surface area contributed by atoms with Crippen LogP contribution in [0.25, 0.3) is 0 Å². The average molecular weight is 448 g/mol. The summed E-state index contributed by atoms with van der Waals surface area (Å²) in [5, 5.41) is 1.15. The van der Waals surface area contributed by atoms with Gasteiger partial charge < -0.3 is 4.74 Å². The summed E-state index contributed by atoms with van der Waals surface area (Å²) in [4.78, 5) is 26.0. The summed E-state index contributed by atoms with van der Waals surface area (Å²) >= 11 is 12.0. The Kier molecular flexibility index (Phi) is 8.59. The molecule has 2 amide bonds. The molecule has 0 saturated heterocycles. The molecule has 0 fully saturated rings. The minimum Gasteiger partial charge on any atom is -0.492 e. The van der Waals surface area contributed by atoms with Crippen LogP contribution in [0.4, 0.5) is 0 Å². The van der Waals surface area contributed by atoms with Gasteiger partial charge >= 0.3 is 0 Å². The molecule has 2 aromatic carbocycles. The van der Waals surface area contributed by atoms with Crippen LogP contribution in [0.15, 0.2) is 42.5 Å². The van der Waals surface area contributed by atoms with Crippen LogP contribution in [0.5, 0.6) is 5.75 Å². The van der Waals surface area contributed by atoms with Crippen LogP contribution in [0.1, 0.15) is 72.1 Å². The van der Waals surface area contributed by atoms with Crippen molar-refractivity contribution >= 4 is 35.0 Å². The van der Waals surface area contributed by atoms with Gasteiger partial charge in [0, 0.05) is 11.6 Å². The zero-order valence-electron chi connectivity index (χ0n) is 17.0. The first-order valence-electron chi connectivity index (χ1n) is 10.6. The molecule has 6 heteroatoms. The second kappa shape index (κ2) is 11.4. The zero-order chi connectivity index (χ0) is 21.3. The number of carbonyl (C=O) groups excluding carboxylic acids is 2. The SMILES string of the molecule is O=C1c2ccccc2C(=O)N1CCCCCCCCCCOc1ccc(Cl)cc1Cl. The molecule has 0 spiro atoms. The van der Waals surface area contributed by atoms with E-state index in [1.54, 1.807) is 42.5 Å². The Balaban J connectivity index is 1.19. The van der Waals surface area contributed by atoms with Crippen molar-refractivity contribution in [1.29, 1.82) is 0 Å². The van der Waals surface area contributed by atoms with Gasteiger partial charge in [-0.2, -0.15) is 0 Å². The van der Waals surface area contributed by atoms with Crippen molar-refractivity contribution in [2.75, 3.05) is 13.2 Å². The largest absolute Gasteiger partial charge is 0.492 e. The zero-order valence-corrected chi connectivity index (χ0v) is 18.6. The van der Waals surface area contributed by atoms with Crippen LogP contribution in [-0.2, 0) is 0 Å². The lowest BCUT2D eigenvalue weighted by Crippen LogP contribution is -2.30. The number of nitrogens with zero attached hydrogens (tertiary/aromatic N) is 1. The number of hydrogen-bond donors (Lipinski definition) is 0. The molecule has 1 heterocycles. The fourth-order valence-electron chi connectivity index (χ4n) is 3.65. The minimum atomic E-state index is -0.155. The second-order valence-corrected chi connectivity index (χ2v) is 8.40. The molecule has 2 aromatic rings. The predicted octanol–water partition coefficient (Wildman–Crippen LogP) is 6.79. The first kappa shape index (κ1) is 22.6. The molecule has 0 radical (unpaired) electrons. The number of imide groups is 1. The van der Waals surface area contributed by atoms with E-state index in [1.807, 2.05) is 0 Å². The maximum atomic E-state index is 12.3. The predicted molar refractivity (Wildman–Crippen MR) is 121 cm³/mol. The fraction of sp³-hybridized carbons (Fsp3) is 0.417. The third-order valence-electron chi connectivity index (χ3n) is 5.31. The summed E-state index contributed by atoms with van der Waals surface area (Å²) in [6.07, 6.45) is 8.68. The Labute approximate surface area is 188 Å². The quantitative estimate of drug-likeness (QED) is 0.265. The number of ether oxygens (including phenoxy) is 1. The maximum absolute atomic E-state index is 12.3. The van der Waals surface area contributed by atoms with Gasteiger partial charge in [-0.3, -0.25) is 14.5 Å². The number of benzene rings is 2. The van der Waals surface area contributed by atoms with Gasteiger partial charge in [0.25, 0.3) is 11.8 Å². The van der Waals surface area contributed by atoms with Gasteiger partial charge in [-0.25, -0.2) is 0 Å². The van der Waals surface area contributed by atoms with Gasteiger partial charge in [0.15, 0.2) is 0 Å². The van der Waals surface area contributed by atoms with Gasteiger partial charge in [-0.1, -0.05) is 73.9 Å². The Morgan fingerprint density at radius 1 is 0.733 bits per heavy atom. The monoisotopic (exact) mass is 447 g/mol. The van der Waals surface area contributed by atoms with Gasteiger partial charge in [-0.15, -0.1) is 0 Å². The van der Waals surface area contributed by atoms with E-state index in [2.05, 4.69) is 0 Å². The van der Waals surface area contributed by atoms with Crippen LogP contribution in [-0.4, -0.2) is 29.9 Å². The fourth-order valence-corrected chi connectivity index (χ4v) is 4.11. The Morgan fingerprint density at radius 2 is 1.30 bits per heavy atom. The molecule has 0 aliphatic carbocycles. The van der Waals surface area contributed by atoms with Gasteiger partial charge in [-0.05, 0) is 43.2 Å². The molecule has 0 saturated carbocycles. The molecule has 0 N–H and O–H groups in total. The summed E-state index contributed by atoms with van der Waals surface area (Å²) in [5.74, 6) is 0.370. The van der Waals surface area contributed by atoms with E-state index in [9.17, 15) is 9.59 Å². The normalized spacial score (nSPS) is 13.1. The summed E-state index contributed by atoms with van der Waals surface area (Å²) in [6.45, 7) is 1.17. The Morgan fingerprint density at radius 3 is 1.90 bits per heavy atom. The van der Waals surface area contributed by atoms with Crippen molar-refractivity contribution in [2.45, 2.75) is 51.4 Å². The molecule has 1 aliphatic rings. The minimum absolute atomic E-state index is 0.155. The van der Waals surface area contributed by atoms with Crippen molar-refractivity contribution in [3.63, 3.8) is 0 Å². The van der Waals surface area contributed by atoms with E-state index in [0.717, 1.165) is 32.1 Å². The van der Waals surface area contributed by atoms with Crippen LogP contribution < -0.4 is 4.74 Å². The van der Waals surface area contributed by atoms with E-state index in [0.29, 0.717) is 40.1 Å². The summed E-state index contributed by atoms with van der Waals surface area (Å²) in [6, 6.07) is 12.3. The topological polar surface area (TPSA) is 46.6 Å². The maximum Gasteiger partial charge on any atom is 0.261 e. The van der Waals surface area contributed by atoms with Gasteiger partial charge in [0.1, 0.15) is 5.75 Å². The molecule has 30 heavy (non-hydrogen) atoms. The highest BCUT2D eigenvalue weighted by atomic mass is 35.5. The lowest BCUT2D eigenvalue weighted by molar-refractivity contribution is 0.0651. The van der Waals surface area contributed by atoms with Crippen LogP contribution >= 0.6 is 23.2 Å². The number of hydrogen-bond acceptors (Lipinski definition) is 3. The standard InChI is InChI=1S/C24H27Cl2NO3/c25-18-13-14-22(21(26)17-18)30-16-10-6-4-2-1-3-5-9-15-27-23(28)19-11-7-8-12-20(19)24(27)29/h7-8,11-14,17H,1-6,9-10,15-16H2.